The van der Waals surface area contributed by atoms with Gasteiger partial charge in [-0.05, 0) is 38.5 Å². The molecule has 0 aromatic heterocycles. The van der Waals surface area contributed by atoms with Crippen LogP contribution in [0, 0.1) is 5.92 Å². The van der Waals surface area contributed by atoms with Crippen LogP contribution in [0.3, 0.4) is 0 Å². The van der Waals surface area contributed by atoms with Crippen molar-refractivity contribution in [2.24, 2.45) is 5.92 Å². The second-order valence-electron chi connectivity index (χ2n) is 11.5. The van der Waals surface area contributed by atoms with Crippen LogP contribution >= 0.6 is 0 Å². The maximum absolute atomic E-state index is 11.0. The number of aliphatic hydroxyl groups excluding tert-OH is 5. The highest BCUT2D eigenvalue weighted by Crippen LogP contribution is 2.41. The van der Waals surface area contributed by atoms with Crippen LogP contribution in [-0.4, -0.2) is 125 Å². The number of hydrogen-bond donors (Lipinski definition) is 5. The third kappa shape index (κ3) is 5.79. The summed E-state index contributed by atoms with van der Waals surface area (Å²) in [5, 5.41) is 51.9. The van der Waals surface area contributed by atoms with Crippen molar-refractivity contribution in [1.29, 1.82) is 0 Å². The van der Waals surface area contributed by atoms with Gasteiger partial charge in [-0.25, -0.2) is 0 Å². The fourth-order valence-corrected chi connectivity index (χ4v) is 6.26. The Hall–Kier alpha value is -0.480. The maximum Gasteiger partial charge on any atom is 0.187 e. The van der Waals surface area contributed by atoms with Gasteiger partial charge in [0.2, 0.25) is 0 Å². The van der Waals surface area contributed by atoms with Gasteiger partial charge in [0.25, 0.3) is 0 Å². The zero-order valence-electron chi connectivity index (χ0n) is 22.2. The van der Waals surface area contributed by atoms with Crippen LogP contribution in [0.25, 0.3) is 0 Å². The highest BCUT2D eigenvalue weighted by Gasteiger charge is 2.54. The maximum atomic E-state index is 11.0. The van der Waals surface area contributed by atoms with E-state index in [0.29, 0.717) is 26.1 Å². The quantitative estimate of drug-likeness (QED) is 0.301. The van der Waals surface area contributed by atoms with Gasteiger partial charge in [0.15, 0.2) is 18.4 Å². The molecular formula is C26H44O12. The minimum atomic E-state index is -1.43. The minimum Gasteiger partial charge on any atom is -0.394 e. The predicted octanol–water partition coefficient (Wildman–Crippen LogP) is -0.447. The Morgan fingerprint density at radius 1 is 0.789 bits per heavy atom. The van der Waals surface area contributed by atoms with Gasteiger partial charge < -0.3 is 58.7 Å². The molecule has 0 amide bonds. The summed E-state index contributed by atoms with van der Waals surface area (Å²) < 4.78 is 42.8. The highest BCUT2D eigenvalue weighted by molar-refractivity contribution is 4.96. The molecule has 5 rings (SSSR count). The summed E-state index contributed by atoms with van der Waals surface area (Å²) in [5.74, 6) is -0.743. The van der Waals surface area contributed by atoms with Crippen molar-refractivity contribution in [2.75, 3.05) is 19.8 Å². The zero-order valence-corrected chi connectivity index (χ0v) is 22.2. The Morgan fingerprint density at radius 3 is 2.29 bits per heavy atom. The van der Waals surface area contributed by atoms with Crippen LogP contribution in [-0.2, 0) is 33.2 Å². The van der Waals surface area contributed by atoms with Crippen molar-refractivity contribution in [2.45, 2.75) is 138 Å². The summed E-state index contributed by atoms with van der Waals surface area (Å²) in [6.45, 7) is 4.22. The molecule has 4 saturated heterocycles. The molecule has 1 aliphatic carbocycles. The third-order valence-corrected chi connectivity index (χ3v) is 8.74. The van der Waals surface area contributed by atoms with Crippen LogP contribution in [0.4, 0.5) is 0 Å². The molecule has 7 unspecified atom stereocenters. The Bertz CT molecular complexity index is 767. The minimum absolute atomic E-state index is 0.0341. The largest absolute Gasteiger partial charge is 0.394 e. The Balaban J connectivity index is 1.34. The molecule has 4 heterocycles. The predicted molar refractivity (Wildman–Crippen MR) is 129 cm³/mol. The Labute approximate surface area is 223 Å². The summed E-state index contributed by atoms with van der Waals surface area (Å²) >= 11 is 0. The van der Waals surface area contributed by atoms with E-state index in [2.05, 4.69) is 0 Å². The van der Waals surface area contributed by atoms with Gasteiger partial charge >= 0.3 is 0 Å². The fourth-order valence-electron chi connectivity index (χ4n) is 6.26. The number of hydrogen-bond acceptors (Lipinski definition) is 12. The monoisotopic (exact) mass is 548 g/mol. The molecule has 12 nitrogen and oxygen atoms in total. The first-order valence-corrected chi connectivity index (χ1v) is 14.1. The summed E-state index contributed by atoms with van der Waals surface area (Å²) in [6, 6.07) is 0. The van der Waals surface area contributed by atoms with Crippen molar-refractivity contribution in [3.05, 3.63) is 0 Å². The van der Waals surface area contributed by atoms with Gasteiger partial charge in [0, 0.05) is 19.4 Å². The van der Waals surface area contributed by atoms with Crippen LogP contribution < -0.4 is 0 Å². The van der Waals surface area contributed by atoms with E-state index in [4.69, 9.17) is 33.2 Å². The van der Waals surface area contributed by atoms with Gasteiger partial charge in [-0.1, -0.05) is 13.3 Å². The topological polar surface area (TPSA) is 166 Å². The standard InChI is InChI=1S/C26H44O12/c1-13-6-5-7-15(21(13)37-24-20(31)19(30)17(28)14(2)34-24)35-25-23-22(18(29)16(12-27)36-25)38-26(9-11-33-26)8-3-4-10-32-23/h13-25,27-31H,3-12H2,1-2H3/t13?,14?,15-,16?,17-,18+,19?,20+,21?,22?,23?,24+,25-,26+/m1/s1. The highest BCUT2D eigenvalue weighted by atomic mass is 16.8. The van der Waals surface area contributed by atoms with Crippen LogP contribution in [0.2, 0.25) is 0 Å². The molecule has 1 saturated carbocycles. The van der Waals surface area contributed by atoms with Gasteiger partial charge in [-0.3, -0.25) is 0 Å². The van der Waals surface area contributed by atoms with E-state index < -0.39 is 86.0 Å². The smallest absolute Gasteiger partial charge is 0.187 e. The first kappa shape index (κ1) is 29.0. The van der Waals surface area contributed by atoms with E-state index in [-0.39, 0.29) is 5.92 Å². The molecule has 4 aliphatic heterocycles. The molecule has 38 heavy (non-hydrogen) atoms. The van der Waals surface area contributed by atoms with E-state index in [1.807, 2.05) is 6.92 Å². The molecule has 0 radical (unpaired) electrons. The van der Waals surface area contributed by atoms with Gasteiger partial charge in [-0.15, -0.1) is 0 Å². The lowest BCUT2D eigenvalue weighted by Gasteiger charge is -2.50. The van der Waals surface area contributed by atoms with Crippen molar-refractivity contribution in [3.63, 3.8) is 0 Å². The van der Waals surface area contributed by atoms with E-state index in [0.717, 1.165) is 32.1 Å². The molecule has 1 spiro atoms. The first-order valence-electron chi connectivity index (χ1n) is 14.1. The Morgan fingerprint density at radius 2 is 1.58 bits per heavy atom. The Kier molecular flexibility index (Phi) is 9.30. The van der Waals surface area contributed by atoms with E-state index >= 15 is 0 Å². The lowest BCUT2D eigenvalue weighted by atomic mass is 9.85. The zero-order chi connectivity index (χ0) is 27.0. The lowest BCUT2D eigenvalue weighted by molar-refractivity contribution is -0.390. The molecule has 220 valence electrons. The van der Waals surface area contributed by atoms with Crippen LogP contribution in [0.5, 0.6) is 0 Å². The fraction of sp³-hybridized carbons (Fsp3) is 1.00. The number of aliphatic hydroxyl groups is 5. The average molecular weight is 549 g/mol. The SMILES string of the molecule is CC1CCC[C@@H](O[C@@H]2OC(CO)[C@H](O)C3O[C@@]4(CCCCOC32)CCO4)C1O[C@@H]1OC(C)[C@@H](O)C(O)[C@@H]1O. The van der Waals surface area contributed by atoms with Crippen molar-refractivity contribution in [1.82, 2.24) is 0 Å². The molecule has 14 atom stereocenters. The summed E-state index contributed by atoms with van der Waals surface area (Å²) in [4.78, 5) is 0. The number of rotatable bonds is 5. The van der Waals surface area contributed by atoms with Gasteiger partial charge in [0.05, 0.1) is 31.5 Å². The molecule has 0 bridgehead atoms. The van der Waals surface area contributed by atoms with Gasteiger partial charge in [0.1, 0.15) is 42.7 Å². The average Bonchev–Trinajstić information content (AvgIpc) is 2.98. The molecule has 0 aromatic carbocycles. The lowest BCUT2D eigenvalue weighted by Crippen LogP contribution is -2.65. The molecule has 5 N–H and O–H groups in total. The third-order valence-electron chi connectivity index (χ3n) is 8.74. The second kappa shape index (κ2) is 12.2. The van der Waals surface area contributed by atoms with Crippen LogP contribution in [0.15, 0.2) is 0 Å². The molecule has 12 heteroatoms. The van der Waals surface area contributed by atoms with E-state index in [1.165, 1.54) is 0 Å². The normalized spacial score (nSPS) is 52.3. The van der Waals surface area contributed by atoms with Crippen molar-refractivity contribution < 1.29 is 58.7 Å². The molecule has 5 aliphatic rings. The van der Waals surface area contributed by atoms with E-state index in [1.54, 1.807) is 6.92 Å². The van der Waals surface area contributed by atoms with Crippen LogP contribution in [0.1, 0.15) is 58.8 Å². The summed E-state index contributed by atoms with van der Waals surface area (Å²) in [6.07, 6.45) is -6.12. The number of ether oxygens (including phenoxy) is 7. The summed E-state index contributed by atoms with van der Waals surface area (Å²) in [5.41, 5.74) is 0. The number of fused-ring (bicyclic) bond motifs is 1. The molecule has 0 aromatic rings. The van der Waals surface area contributed by atoms with Gasteiger partial charge in [-0.2, -0.15) is 0 Å². The summed E-state index contributed by atoms with van der Waals surface area (Å²) in [7, 11) is 0. The second-order valence-corrected chi connectivity index (χ2v) is 11.5. The van der Waals surface area contributed by atoms with E-state index in [9.17, 15) is 25.5 Å². The molecule has 5 fully saturated rings. The van der Waals surface area contributed by atoms with Crippen molar-refractivity contribution in [3.8, 4) is 0 Å². The molecular weight excluding hydrogens is 504 g/mol. The first-order chi connectivity index (χ1) is 18.2. The van der Waals surface area contributed by atoms with Crippen molar-refractivity contribution >= 4 is 0 Å².